The van der Waals surface area contributed by atoms with Gasteiger partial charge in [0.25, 0.3) is 0 Å². The zero-order valence-corrected chi connectivity index (χ0v) is 10.1. The molecule has 0 aromatic heterocycles. The van der Waals surface area contributed by atoms with Gasteiger partial charge in [0.1, 0.15) is 5.82 Å². The lowest BCUT2D eigenvalue weighted by molar-refractivity contribution is 0.460. The van der Waals surface area contributed by atoms with E-state index in [1.54, 1.807) is 12.1 Å². The molecular formula is C14H20FN. The Kier molecular flexibility index (Phi) is 3.59. The van der Waals surface area contributed by atoms with E-state index in [0.717, 1.165) is 12.1 Å². The quantitative estimate of drug-likeness (QED) is 0.826. The molecule has 1 aromatic carbocycles. The fourth-order valence-electron chi connectivity index (χ4n) is 3.01. The van der Waals surface area contributed by atoms with Crippen LogP contribution >= 0.6 is 0 Å². The van der Waals surface area contributed by atoms with Gasteiger partial charge in [-0.2, -0.15) is 0 Å². The van der Waals surface area contributed by atoms with E-state index in [-0.39, 0.29) is 5.82 Å². The van der Waals surface area contributed by atoms with Crippen molar-refractivity contribution in [1.29, 1.82) is 0 Å². The first-order valence-electron chi connectivity index (χ1n) is 6.13. The van der Waals surface area contributed by atoms with E-state index in [4.69, 9.17) is 0 Å². The summed E-state index contributed by atoms with van der Waals surface area (Å²) in [5, 5.41) is 3.27. The third-order valence-corrected chi connectivity index (χ3v) is 3.76. The Labute approximate surface area is 97.1 Å². The van der Waals surface area contributed by atoms with Gasteiger partial charge in [0.05, 0.1) is 0 Å². The van der Waals surface area contributed by atoms with Crippen molar-refractivity contribution in [3.8, 4) is 0 Å². The van der Waals surface area contributed by atoms with Gasteiger partial charge in [-0.05, 0) is 68.5 Å². The predicted octanol–water partition coefficient (Wildman–Crippen LogP) is 3.24. The molecule has 16 heavy (non-hydrogen) atoms. The molecule has 0 aliphatic heterocycles. The molecule has 2 rings (SSSR count). The van der Waals surface area contributed by atoms with Gasteiger partial charge >= 0.3 is 0 Å². The van der Waals surface area contributed by atoms with Gasteiger partial charge < -0.3 is 5.32 Å². The van der Waals surface area contributed by atoms with Crippen molar-refractivity contribution in [2.75, 3.05) is 13.6 Å². The molecule has 0 spiro atoms. The van der Waals surface area contributed by atoms with Crippen LogP contribution in [0, 0.1) is 18.7 Å². The van der Waals surface area contributed by atoms with Gasteiger partial charge in [0.15, 0.2) is 0 Å². The van der Waals surface area contributed by atoms with Crippen LogP contribution in [0.1, 0.15) is 36.3 Å². The highest BCUT2D eigenvalue weighted by atomic mass is 19.1. The van der Waals surface area contributed by atoms with E-state index in [1.807, 2.05) is 20.0 Å². The fourth-order valence-corrected chi connectivity index (χ4v) is 3.01. The molecule has 1 aliphatic rings. The van der Waals surface area contributed by atoms with Crippen LogP contribution in [0.5, 0.6) is 0 Å². The van der Waals surface area contributed by atoms with E-state index >= 15 is 0 Å². The van der Waals surface area contributed by atoms with Crippen LogP contribution in [0.15, 0.2) is 18.2 Å². The summed E-state index contributed by atoms with van der Waals surface area (Å²) in [6.07, 6.45) is 3.84. The predicted molar refractivity (Wildman–Crippen MR) is 65.1 cm³/mol. The molecule has 1 aliphatic carbocycles. The normalized spacial score (nSPS) is 24.9. The minimum Gasteiger partial charge on any atom is -0.319 e. The summed E-state index contributed by atoms with van der Waals surface area (Å²) in [7, 11) is 2.01. The van der Waals surface area contributed by atoms with E-state index in [0.29, 0.717) is 11.8 Å². The lowest BCUT2D eigenvalue weighted by Crippen LogP contribution is -2.21. The molecule has 1 aromatic rings. The van der Waals surface area contributed by atoms with Gasteiger partial charge in [-0.1, -0.05) is 12.5 Å². The Balaban J connectivity index is 2.22. The second-order valence-corrected chi connectivity index (χ2v) is 4.86. The molecule has 0 radical (unpaired) electrons. The molecule has 2 atom stereocenters. The zero-order valence-electron chi connectivity index (χ0n) is 10.1. The second kappa shape index (κ2) is 4.96. The minimum absolute atomic E-state index is 0.121. The molecule has 0 heterocycles. The number of halogens is 1. The Morgan fingerprint density at radius 1 is 1.38 bits per heavy atom. The molecule has 0 bridgehead atoms. The average Bonchev–Trinajstić information content (AvgIpc) is 2.67. The summed E-state index contributed by atoms with van der Waals surface area (Å²) in [5.41, 5.74) is 2.45. The molecule has 1 saturated carbocycles. The Bertz CT molecular complexity index is 362. The van der Waals surface area contributed by atoms with Gasteiger partial charge in [-0.15, -0.1) is 0 Å². The zero-order chi connectivity index (χ0) is 11.5. The highest BCUT2D eigenvalue weighted by Gasteiger charge is 2.28. The topological polar surface area (TPSA) is 12.0 Å². The number of hydrogen-bond acceptors (Lipinski definition) is 1. The van der Waals surface area contributed by atoms with Crippen LogP contribution in [-0.4, -0.2) is 13.6 Å². The first-order valence-corrected chi connectivity index (χ1v) is 6.13. The van der Waals surface area contributed by atoms with Crippen molar-refractivity contribution in [3.05, 3.63) is 35.1 Å². The van der Waals surface area contributed by atoms with Crippen molar-refractivity contribution in [3.63, 3.8) is 0 Å². The Morgan fingerprint density at radius 3 is 2.88 bits per heavy atom. The van der Waals surface area contributed by atoms with Crippen molar-refractivity contribution < 1.29 is 4.39 Å². The van der Waals surface area contributed by atoms with Crippen molar-refractivity contribution in [1.82, 2.24) is 5.32 Å². The van der Waals surface area contributed by atoms with Gasteiger partial charge in [-0.3, -0.25) is 0 Å². The van der Waals surface area contributed by atoms with Crippen molar-refractivity contribution in [2.45, 2.75) is 32.1 Å². The lowest BCUT2D eigenvalue weighted by atomic mass is 9.86. The molecule has 0 amide bonds. The maximum atomic E-state index is 13.1. The second-order valence-electron chi connectivity index (χ2n) is 4.86. The monoisotopic (exact) mass is 221 g/mol. The average molecular weight is 221 g/mol. The maximum Gasteiger partial charge on any atom is 0.123 e. The van der Waals surface area contributed by atoms with Crippen molar-refractivity contribution >= 4 is 0 Å². The third-order valence-electron chi connectivity index (χ3n) is 3.76. The largest absolute Gasteiger partial charge is 0.319 e. The number of aryl methyl sites for hydroxylation is 1. The minimum atomic E-state index is -0.121. The van der Waals surface area contributed by atoms with Crippen molar-refractivity contribution in [2.24, 2.45) is 5.92 Å². The van der Waals surface area contributed by atoms with Crippen LogP contribution in [0.25, 0.3) is 0 Å². The number of benzene rings is 1. The lowest BCUT2D eigenvalue weighted by Gasteiger charge is -2.21. The maximum absolute atomic E-state index is 13.1. The van der Waals surface area contributed by atoms with Crippen LogP contribution < -0.4 is 5.32 Å². The SMILES string of the molecule is CNCC1CCCC1c1ccc(F)cc1C. The van der Waals surface area contributed by atoms with Gasteiger partial charge in [0, 0.05) is 0 Å². The first-order chi connectivity index (χ1) is 7.72. The molecule has 2 unspecified atom stereocenters. The van der Waals surface area contributed by atoms with E-state index in [1.165, 1.54) is 24.8 Å². The first kappa shape index (κ1) is 11.6. The fraction of sp³-hybridized carbons (Fsp3) is 0.571. The van der Waals surface area contributed by atoms with Crippen LogP contribution in [-0.2, 0) is 0 Å². The molecule has 0 saturated heterocycles. The molecular weight excluding hydrogens is 201 g/mol. The summed E-state index contributed by atoms with van der Waals surface area (Å²) in [6.45, 7) is 3.09. The Morgan fingerprint density at radius 2 is 2.19 bits per heavy atom. The van der Waals surface area contributed by atoms with Crippen LogP contribution in [0.4, 0.5) is 4.39 Å². The standard InChI is InChI=1S/C14H20FN/c1-10-8-12(15)6-7-13(10)14-5-3-4-11(14)9-16-2/h6-8,11,14,16H,3-5,9H2,1-2H3. The highest BCUT2D eigenvalue weighted by Crippen LogP contribution is 2.40. The summed E-state index contributed by atoms with van der Waals surface area (Å²) in [6, 6.07) is 5.23. The van der Waals surface area contributed by atoms with E-state index in [9.17, 15) is 4.39 Å². The highest BCUT2D eigenvalue weighted by molar-refractivity contribution is 5.31. The summed E-state index contributed by atoms with van der Waals surface area (Å²) in [4.78, 5) is 0. The van der Waals surface area contributed by atoms with Gasteiger partial charge in [-0.25, -0.2) is 4.39 Å². The third kappa shape index (κ3) is 2.27. The molecule has 88 valence electrons. The molecule has 1 N–H and O–H groups in total. The summed E-state index contributed by atoms with van der Waals surface area (Å²) < 4.78 is 13.1. The van der Waals surface area contributed by atoms with Gasteiger partial charge in [0.2, 0.25) is 0 Å². The Hall–Kier alpha value is -0.890. The van der Waals surface area contributed by atoms with E-state index in [2.05, 4.69) is 5.32 Å². The van der Waals surface area contributed by atoms with E-state index < -0.39 is 0 Å². The number of nitrogens with one attached hydrogen (secondary N) is 1. The summed E-state index contributed by atoms with van der Waals surface area (Å²) >= 11 is 0. The summed E-state index contributed by atoms with van der Waals surface area (Å²) in [5.74, 6) is 1.21. The van der Waals surface area contributed by atoms with Crippen LogP contribution in [0.3, 0.4) is 0 Å². The molecule has 1 fully saturated rings. The smallest absolute Gasteiger partial charge is 0.123 e. The molecule has 1 nitrogen and oxygen atoms in total. The molecule has 2 heteroatoms. The van der Waals surface area contributed by atoms with Crippen LogP contribution in [0.2, 0.25) is 0 Å². The number of hydrogen-bond donors (Lipinski definition) is 1. The number of rotatable bonds is 3.